The summed E-state index contributed by atoms with van der Waals surface area (Å²) >= 11 is 0. The number of nitrogens with zero attached hydrogens (tertiary/aromatic N) is 2. The molecule has 1 aliphatic heterocycles. The third-order valence-corrected chi connectivity index (χ3v) is 6.36. The molecule has 3 rings (SSSR count). The second-order valence-corrected chi connectivity index (χ2v) is 8.61. The third-order valence-electron chi connectivity index (χ3n) is 4.97. The fraction of sp³-hybridized carbons (Fsp3) is 0.350. The molecular weight excluding hydrogens is 378 g/mol. The van der Waals surface area contributed by atoms with Crippen LogP contribution in [0.15, 0.2) is 47.4 Å². The Bertz CT molecular complexity index is 950. The van der Waals surface area contributed by atoms with Gasteiger partial charge < -0.3 is 14.9 Å². The summed E-state index contributed by atoms with van der Waals surface area (Å²) in [4.78, 5) is 16.1. The zero-order valence-electron chi connectivity index (χ0n) is 16.1. The Labute approximate surface area is 165 Å². The van der Waals surface area contributed by atoms with Crippen LogP contribution in [0.25, 0.3) is 0 Å². The molecule has 1 fully saturated rings. The maximum Gasteiger partial charge on any atom is 0.337 e. The quantitative estimate of drug-likeness (QED) is 0.770. The Kier molecular flexibility index (Phi) is 5.90. The van der Waals surface area contributed by atoms with Crippen molar-refractivity contribution in [2.24, 2.45) is 0 Å². The van der Waals surface area contributed by atoms with Gasteiger partial charge in [0.05, 0.1) is 16.1 Å². The van der Waals surface area contributed by atoms with Gasteiger partial charge in [-0.05, 0) is 49.4 Å². The third kappa shape index (κ3) is 4.45. The minimum Gasteiger partial charge on any atom is -0.478 e. The molecule has 0 bridgehead atoms. The summed E-state index contributed by atoms with van der Waals surface area (Å²) in [5.41, 5.74) is 1.97. The monoisotopic (exact) mass is 403 g/mol. The van der Waals surface area contributed by atoms with Gasteiger partial charge in [0.2, 0.25) is 0 Å². The molecule has 7 nitrogen and oxygen atoms in total. The smallest absolute Gasteiger partial charge is 0.337 e. The number of aromatic carboxylic acids is 1. The summed E-state index contributed by atoms with van der Waals surface area (Å²) in [7, 11) is -1.76. The van der Waals surface area contributed by atoms with E-state index in [0.717, 1.165) is 38.2 Å². The highest BCUT2D eigenvalue weighted by molar-refractivity contribution is 7.92. The molecular formula is C20H25N3O4S. The molecule has 2 aromatic rings. The van der Waals surface area contributed by atoms with Crippen LogP contribution in [0.4, 0.5) is 11.4 Å². The van der Waals surface area contributed by atoms with Crippen molar-refractivity contribution in [3.05, 3.63) is 53.6 Å². The number of piperazine rings is 1. The van der Waals surface area contributed by atoms with E-state index in [0.29, 0.717) is 5.69 Å². The fourth-order valence-electron chi connectivity index (χ4n) is 3.21. The van der Waals surface area contributed by atoms with E-state index < -0.39 is 16.0 Å². The van der Waals surface area contributed by atoms with Crippen molar-refractivity contribution in [2.45, 2.75) is 18.2 Å². The summed E-state index contributed by atoms with van der Waals surface area (Å²) < 4.78 is 27.7. The predicted octanol–water partition coefficient (Wildman–Crippen LogP) is 2.50. The zero-order valence-corrected chi connectivity index (χ0v) is 16.9. The Morgan fingerprint density at radius 3 is 2.29 bits per heavy atom. The molecule has 0 spiro atoms. The van der Waals surface area contributed by atoms with E-state index in [1.165, 1.54) is 6.07 Å². The van der Waals surface area contributed by atoms with Gasteiger partial charge in [-0.1, -0.05) is 19.1 Å². The van der Waals surface area contributed by atoms with Gasteiger partial charge in [-0.15, -0.1) is 0 Å². The van der Waals surface area contributed by atoms with Crippen molar-refractivity contribution in [2.75, 3.05) is 42.8 Å². The second-order valence-electron chi connectivity index (χ2n) is 6.93. The number of carboxylic acids is 1. The van der Waals surface area contributed by atoms with Crippen molar-refractivity contribution >= 4 is 27.4 Å². The second kappa shape index (κ2) is 8.20. The number of rotatable bonds is 6. The molecule has 0 atom stereocenters. The van der Waals surface area contributed by atoms with E-state index in [1.807, 2.05) is 18.9 Å². The summed E-state index contributed by atoms with van der Waals surface area (Å²) in [5.74, 6) is -1.08. The molecule has 0 saturated carbocycles. The van der Waals surface area contributed by atoms with Crippen molar-refractivity contribution in [3.8, 4) is 0 Å². The average Bonchev–Trinajstić information content (AvgIpc) is 2.68. The number of sulfonamides is 1. The van der Waals surface area contributed by atoms with Crippen LogP contribution in [-0.2, 0) is 16.4 Å². The average molecular weight is 404 g/mol. The van der Waals surface area contributed by atoms with E-state index in [4.69, 9.17) is 0 Å². The number of carbonyl (C=O) groups is 1. The van der Waals surface area contributed by atoms with E-state index in [9.17, 15) is 18.3 Å². The number of hydrogen-bond acceptors (Lipinski definition) is 5. The predicted molar refractivity (Wildman–Crippen MR) is 110 cm³/mol. The molecule has 28 heavy (non-hydrogen) atoms. The SMILES string of the molecule is CCc1ccc(S(=O)(=O)Nc2ccc(N3CCN(C)CC3)c(C(=O)O)c2)cc1. The number of nitrogens with one attached hydrogen (secondary N) is 1. The first-order chi connectivity index (χ1) is 13.3. The van der Waals surface area contributed by atoms with E-state index in [2.05, 4.69) is 9.62 Å². The van der Waals surface area contributed by atoms with Crippen LogP contribution < -0.4 is 9.62 Å². The summed E-state index contributed by atoms with van der Waals surface area (Å²) in [6.45, 7) is 5.15. The summed E-state index contributed by atoms with van der Waals surface area (Å²) in [6, 6.07) is 11.3. The van der Waals surface area contributed by atoms with Crippen LogP contribution in [0.5, 0.6) is 0 Å². The molecule has 0 aliphatic carbocycles. The first kappa shape index (κ1) is 20.2. The Morgan fingerprint density at radius 2 is 1.71 bits per heavy atom. The van der Waals surface area contributed by atoms with Crippen LogP contribution in [0.3, 0.4) is 0 Å². The molecule has 1 heterocycles. The lowest BCUT2D eigenvalue weighted by atomic mass is 10.1. The van der Waals surface area contributed by atoms with Gasteiger partial charge in [0.1, 0.15) is 0 Å². The van der Waals surface area contributed by atoms with E-state index >= 15 is 0 Å². The van der Waals surface area contributed by atoms with Gasteiger partial charge in [-0.3, -0.25) is 4.72 Å². The Balaban J connectivity index is 1.86. The highest BCUT2D eigenvalue weighted by Gasteiger charge is 2.22. The highest BCUT2D eigenvalue weighted by Crippen LogP contribution is 2.27. The maximum atomic E-state index is 12.6. The standard InChI is InChI=1S/C20H25N3O4S/c1-3-15-4-7-17(8-5-15)28(26,27)21-16-6-9-19(18(14-16)20(24)25)23-12-10-22(2)11-13-23/h4-9,14,21H,3,10-13H2,1-2H3,(H,24,25). The van der Waals surface area contributed by atoms with Gasteiger partial charge >= 0.3 is 5.97 Å². The van der Waals surface area contributed by atoms with Crippen LogP contribution in [0.2, 0.25) is 0 Å². The number of hydrogen-bond donors (Lipinski definition) is 2. The molecule has 0 unspecified atom stereocenters. The topological polar surface area (TPSA) is 90.0 Å². The Hall–Kier alpha value is -2.58. The normalized spacial score (nSPS) is 15.4. The van der Waals surface area contributed by atoms with Gasteiger partial charge in [0.25, 0.3) is 10.0 Å². The molecule has 1 saturated heterocycles. The van der Waals surface area contributed by atoms with Crippen molar-refractivity contribution in [1.29, 1.82) is 0 Å². The fourth-order valence-corrected chi connectivity index (χ4v) is 4.26. The summed E-state index contributed by atoms with van der Waals surface area (Å²) in [5, 5.41) is 9.63. The van der Waals surface area contributed by atoms with Crippen molar-refractivity contribution in [3.63, 3.8) is 0 Å². The molecule has 0 amide bonds. The first-order valence-corrected chi connectivity index (χ1v) is 10.7. The molecule has 150 valence electrons. The Morgan fingerprint density at radius 1 is 1.07 bits per heavy atom. The lowest BCUT2D eigenvalue weighted by Crippen LogP contribution is -2.45. The largest absolute Gasteiger partial charge is 0.478 e. The molecule has 1 aliphatic rings. The number of aryl methyl sites for hydroxylation is 1. The lowest BCUT2D eigenvalue weighted by molar-refractivity contribution is 0.0697. The van der Waals surface area contributed by atoms with E-state index in [-0.39, 0.29) is 16.1 Å². The van der Waals surface area contributed by atoms with Gasteiger partial charge in [0.15, 0.2) is 0 Å². The van der Waals surface area contributed by atoms with Crippen molar-refractivity contribution < 1.29 is 18.3 Å². The number of benzene rings is 2. The lowest BCUT2D eigenvalue weighted by Gasteiger charge is -2.34. The summed E-state index contributed by atoms with van der Waals surface area (Å²) in [6.07, 6.45) is 0.823. The van der Waals surface area contributed by atoms with Crippen molar-refractivity contribution in [1.82, 2.24) is 4.90 Å². The van der Waals surface area contributed by atoms with Gasteiger partial charge in [0, 0.05) is 31.9 Å². The maximum absolute atomic E-state index is 12.6. The highest BCUT2D eigenvalue weighted by atomic mass is 32.2. The molecule has 2 aromatic carbocycles. The van der Waals surface area contributed by atoms with Crippen LogP contribution in [0.1, 0.15) is 22.8 Å². The number of anilines is 2. The van der Waals surface area contributed by atoms with Gasteiger partial charge in [-0.25, -0.2) is 13.2 Å². The van der Waals surface area contributed by atoms with E-state index in [1.54, 1.807) is 36.4 Å². The van der Waals surface area contributed by atoms with Gasteiger partial charge in [-0.2, -0.15) is 0 Å². The molecule has 8 heteroatoms. The number of likely N-dealkylation sites (N-methyl/N-ethyl adjacent to an activating group) is 1. The zero-order chi connectivity index (χ0) is 20.3. The number of carboxylic acid groups (broad SMARTS) is 1. The minimum atomic E-state index is -3.79. The van der Waals surface area contributed by atoms with Crippen LogP contribution in [-0.4, -0.2) is 57.6 Å². The minimum absolute atomic E-state index is 0.0890. The molecule has 0 aromatic heterocycles. The first-order valence-electron chi connectivity index (χ1n) is 9.23. The van der Waals surface area contributed by atoms with Crippen LogP contribution in [0, 0.1) is 0 Å². The molecule has 2 N–H and O–H groups in total. The molecule has 0 radical (unpaired) electrons. The van der Waals surface area contributed by atoms with Crippen LogP contribution >= 0.6 is 0 Å².